The molecular formula is C20H19N5O3. The molecule has 0 aliphatic carbocycles. The van der Waals surface area contributed by atoms with Crippen LogP contribution >= 0.6 is 0 Å². The Labute approximate surface area is 161 Å². The van der Waals surface area contributed by atoms with Gasteiger partial charge in [-0.25, -0.2) is 4.98 Å². The fourth-order valence-corrected chi connectivity index (χ4v) is 2.79. The van der Waals surface area contributed by atoms with Crippen LogP contribution in [0.5, 0.6) is 0 Å². The first-order valence-corrected chi connectivity index (χ1v) is 8.61. The number of nitrogens with two attached hydrogens (primary N) is 1. The van der Waals surface area contributed by atoms with E-state index in [-0.39, 0.29) is 23.1 Å². The van der Waals surface area contributed by atoms with Gasteiger partial charge in [-0.1, -0.05) is 35.9 Å². The number of amides is 1. The predicted molar refractivity (Wildman–Crippen MR) is 105 cm³/mol. The molecule has 0 fully saturated rings. The van der Waals surface area contributed by atoms with Crippen LogP contribution in [0.15, 0.2) is 60.9 Å². The number of carbonyl (C=O) groups is 1. The van der Waals surface area contributed by atoms with E-state index < -0.39 is 10.8 Å². The Balaban J connectivity index is 1.96. The van der Waals surface area contributed by atoms with Crippen molar-refractivity contribution in [3.63, 3.8) is 0 Å². The van der Waals surface area contributed by atoms with Crippen LogP contribution in [0, 0.1) is 17.0 Å². The number of anilines is 1. The lowest BCUT2D eigenvalue weighted by Crippen LogP contribution is -2.20. The van der Waals surface area contributed by atoms with E-state index in [0.29, 0.717) is 6.42 Å². The Morgan fingerprint density at radius 2 is 1.96 bits per heavy atom. The number of hydrogen-bond acceptors (Lipinski definition) is 6. The van der Waals surface area contributed by atoms with E-state index in [4.69, 9.17) is 5.73 Å². The summed E-state index contributed by atoms with van der Waals surface area (Å²) in [6.45, 7) is 2.01. The van der Waals surface area contributed by atoms with Gasteiger partial charge in [0.05, 0.1) is 22.2 Å². The molecule has 1 unspecified atom stereocenters. The number of pyridine rings is 2. The molecular weight excluding hydrogens is 358 g/mol. The predicted octanol–water partition coefficient (Wildman–Crippen LogP) is 3.19. The summed E-state index contributed by atoms with van der Waals surface area (Å²) in [6.07, 6.45) is 3.35. The monoisotopic (exact) mass is 377 g/mol. The average Bonchev–Trinajstić information content (AvgIpc) is 2.69. The fourth-order valence-electron chi connectivity index (χ4n) is 2.79. The number of aromatic nitrogens is 2. The third-order valence-electron chi connectivity index (χ3n) is 4.27. The van der Waals surface area contributed by atoms with E-state index in [0.717, 1.165) is 29.1 Å². The van der Waals surface area contributed by atoms with Crippen molar-refractivity contribution in [1.29, 1.82) is 0 Å². The Hall–Kier alpha value is -3.81. The summed E-state index contributed by atoms with van der Waals surface area (Å²) in [5.41, 5.74) is 8.04. The van der Waals surface area contributed by atoms with Crippen molar-refractivity contribution in [1.82, 2.24) is 9.97 Å². The van der Waals surface area contributed by atoms with Gasteiger partial charge in [0.2, 0.25) is 0 Å². The molecule has 0 saturated heterocycles. The molecule has 0 bridgehead atoms. The second-order valence-electron chi connectivity index (χ2n) is 6.35. The summed E-state index contributed by atoms with van der Waals surface area (Å²) >= 11 is 0. The smallest absolute Gasteiger partial charge is 0.288 e. The topological polar surface area (TPSA) is 124 Å². The van der Waals surface area contributed by atoms with E-state index in [9.17, 15) is 14.9 Å². The average molecular weight is 377 g/mol. The quantitative estimate of drug-likeness (QED) is 0.481. The first-order chi connectivity index (χ1) is 13.4. The van der Waals surface area contributed by atoms with Gasteiger partial charge in [-0.2, -0.15) is 0 Å². The summed E-state index contributed by atoms with van der Waals surface area (Å²) in [5.74, 6) is -0.616. The number of benzene rings is 1. The van der Waals surface area contributed by atoms with Crippen LogP contribution in [-0.4, -0.2) is 20.8 Å². The van der Waals surface area contributed by atoms with Crippen LogP contribution < -0.4 is 11.1 Å². The molecule has 1 amide bonds. The largest absolute Gasteiger partial charge is 0.365 e. The molecule has 2 aromatic heterocycles. The highest BCUT2D eigenvalue weighted by molar-refractivity contribution is 5.98. The van der Waals surface area contributed by atoms with Gasteiger partial charge < -0.3 is 11.1 Å². The van der Waals surface area contributed by atoms with Gasteiger partial charge in [0.25, 0.3) is 11.6 Å². The zero-order valence-electron chi connectivity index (χ0n) is 15.2. The molecule has 0 radical (unpaired) electrons. The lowest BCUT2D eigenvalue weighted by molar-refractivity contribution is -0.385. The Kier molecular flexibility index (Phi) is 5.59. The van der Waals surface area contributed by atoms with E-state index in [1.54, 1.807) is 6.20 Å². The minimum absolute atomic E-state index is 0.0426. The molecule has 2 heterocycles. The van der Waals surface area contributed by atoms with Gasteiger partial charge in [-0.05, 0) is 31.0 Å². The maximum atomic E-state index is 11.8. The SMILES string of the molecule is Cc1ccc(CC(Nc2ncc([N+](=O)[O-])cc2C(N)=O)c2ccccn2)cc1. The first kappa shape index (κ1) is 19.0. The van der Waals surface area contributed by atoms with Crippen LogP contribution in [0.1, 0.15) is 33.2 Å². The van der Waals surface area contributed by atoms with Gasteiger partial charge in [-0.15, -0.1) is 0 Å². The molecule has 142 valence electrons. The number of nitro groups is 1. The minimum atomic E-state index is -0.797. The van der Waals surface area contributed by atoms with Crippen LogP contribution in [0.4, 0.5) is 11.5 Å². The van der Waals surface area contributed by atoms with E-state index >= 15 is 0 Å². The molecule has 1 atom stereocenters. The lowest BCUT2D eigenvalue weighted by Gasteiger charge is -2.20. The van der Waals surface area contributed by atoms with Crippen molar-refractivity contribution >= 4 is 17.4 Å². The van der Waals surface area contributed by atoms with Crippen molar-refractivity contribution in [3.8, 4) is 0 Å². The molecule has 0 aliphatic heterocycles. The normalized spacial score (nSPS) is 11.6. The first-order valence-electron chi connectivity index (χ1n) is 8.61. The zero-order valence-corrected chi connectivity index (χ0v) is 15.2. The Bertz CT molecular complexity index is 990. The molecule has 3 aromatic rings. The number of carbonyl (C=O) groups excluding carboxylic acids is 1. The van der Waals surface area contributed by atoms with Crippen LogP contribution in [-0.2, 0) is 6.42 Å². The molecule has 3 rings (SSSR count). The summed E-state index contributed by atoms with van der Waals surface area (Å²) in [5, 5.41) is 14.2. The summed E-state index contributed by atoms with van der Waals surface area (Å²) in [4.78, 5) is 30.6. The maximum absolute atomic E-state index is 11.8. The second-order valence-corrected chi connectivity index (χ2v) is 6.35. The summed E-state index contributed by atoms with van der Waals surface area (Å²) in [6, 6.07) is 14.4. The standard InChI is InChI=1S/C20H19N5O3/c1-13-5-7-14(8-6-13)10-18(17-4-2-3-9-22-17)24-20-16(19(21)26)11-15(12-23-20)25(27)28/h2-9,11-12,18H,10H2,1H3,(H2,21,26)(H,23,24). The lowest BCUT2D eigenvalue weighted by atomic mass is 10.0. The number of nitrogens with one attached hydrogen (secondary N) is 1. The third kappa shape index (κ3) is 4.47. The molecule has 0 aliphatic rings. The second kappa shape index (κ2) is 8.26. The Morgan fingerprint density at radius 1 is 1.21 bits per heavy atom. The highest BCUT2D eigenvalue weighted by Gasteiger charge is 2.20. The molecule has 3 N–H and O–H groups in total. The van der Waals surface area contributed by atoms with Crippen molar-refractivity contribution in [3.05, 3.63) is 93.4 Å². The molecule has 8 heteroatoms. The minimum Gasteiger partial charge on any atom is -0.365 e. The highest BCUT2D eigenvalue weighted by atomic mass is 16.6. The van der Waals surface area contributed by atoms with E-state index in [1.807, 2.05) is 49.4 Å². The van der Waals surface area contributed by atoms with Gasteiger partial charge in [0, 0.05) is 12.3 Å². The fraction of sp³-hybridized carbons (Fsp3) is 0.150. The third-order valence-corrected chi connectivity index (χ3v) is 4.27. The molecule has 28 heavy (non-hydrogen) atoms. The number of aryl methyl sites for hydroxylation is 1. The summed E-state index contributed by atoms with van der Waals surface area (Å²) in [7, 11) is 0. The van der Waals surface area contributed by atoms with Gasteiger partial charge in [0.15, 0.2) is 0 Å². The van der Waals surface area contributed by atoms with Gasteiger partial charge in [0.1, 0.15) is 12.0 Å². The van der Waals surface area contributed by atoms with Crippen LogP contribution in [0.3, 0.4) is 0 Å². The van der Waals surface area contributed by atoms with Crippen molar-refractivity contribution < 1.29 is 9.72 Å². The molecule has 0 saturated carbocycles. The van der Waals surface area contributed by atoms with Crippen LogP contribution in [0.2, 0.25) is 0 Å². The number of primary amides is 1. The summed E-state index contributed by atoms with van der Waals surface area (Å²) < 4.78 is 0. The van der Waals surface area contributed by atoms with Crippen molar-refractivity contribution in [2.75, 3.05) is 5.32 Å². The molecule has 1 aromatic carbocycles. The van der Waals surface area contributed by atoms with E-state index in [2.05, 4.69) is 15.3 Å². The zero-order chi connectivity index (χ0) is 20.1. The van der Waals surface area contributed by atoms with Crippen molar-refractivity contribution in [2.45, 2.75) is 19.4 Å². The number of rotatable bonds is 7. The molecule has 8 nitrogen and oxygen atoms in total. The number of hydrogen-bond donors (Lipinski definition) is 2. The maximum Gasteiger partial charge on any atom is 0.288 e. The Morgan fingerprint density at radius 3 is 2.57 bits per heavy atom. The van der Waals surface area contributed by atoms with Crippen molar-refractivity contribution in [2.24, 2.45) is 5.73 Å². The molecule has 0 spiro atoms. The number of nitrogens with zero attached hydrogens (tertiary/aromatic N) is 3. The van der Waals surface area contributed by atoms with Gasteiger partial charge in [-0.3, -0.25) is 19.9 Å². The van der Waals surface area contributed by atoms with E-state index in [1.165, 1.54) is 0 Å². The highest BCUT2D eigenvalue weighted by Crippen LogP contribution is 2.25. The van der Waals surface area contributed by atoms with Crippen LogP contribution in [0.25, 0.3) is 0 Å². The van der Waals surface area contributed by atoms with Gasteiger partial charge >= 0.3 is 0 Å².